The van der Waals surface area contributed by atoms with Crippen LogP contribution in [0, 0.1) is 0 Å². The molecule has 0 radical (unpaired) electrons. The minimum absolute atomic E-state index is 0.114. The molecule has 10 aromatic carbocycles. The van der Waals surface area contributed by atoms with Crippen LogP contribution < -0.4 is 4.90 Å². The minimum atomic E-state index is -0.114. The first-order valence-electron chi connectivity index (χ1n) is 19.6. The number of rotatable bonds is 5. The van der Waals surface area contributed by atoms with E-state index in [2.05, 4.69) is 219 Å². The summed E-state index contributed by atoms with van der Waals surface area (Å²) < 4.78 is 0. The lowest BCUT2D eigenvalue weighted by Crippen LogP contribution is -2.16. The summed E-state index contributed by atoms with van der Waals surface area (Å²) in [6.07, 6.45) is 0. The maximum absolute atomic E-state index is 2.46. The van der Waals surface area contributed by atoms with Crippen LogP contribution in [0.25, 0.3) is 76.5 Å². The van der Waals surface area contributed by atoms with E-state index >= 15 is 0 Å². The van der Waals surface area contributed by atoms with Gasteiger partial charge in [0.05, 0.1) is 5.69 Å². The second kappa shape index (κ2) is 12.5. The van der Waals surface area contributed by atoms with E-state index in [1.165, 1.54) is 87.6 Å². The predicted octanol–water partition coefficient (Wildman–Crippen LogP) is 15.4. The molecule has 10 aromatic rings. The monoisotopic (exact) mass is 713 g/mol. The van der Waals surface area contributed by atoms with Crippen molar-refractivity contribution in [3.63, 3.8) is 0 Å². The summed E-state index contributed by atoms with van der Waals surface area (Å²) in [7, 11) is 0. The highest BCUT2D eigenvalue weighted by atomic mass is 15.1. The molecule has 1 heteroatoms. The Hall–Kier alpha value is -6.96. The molecule has 1 aliphatic carbocycles. The van der Waals surface area contributed by atoms with Crippen molar-refractivity contribution in [1.82, 2.24) is 0 Å². The smallest absolute Gasteiger partial charge is 0.0540 e. The molecular weight excluding hydrogens is 675 g/mol. The molecule has 0 amide bonds. The number of hydrogen-bond donors (Lipinski definition) is 0. The van der Waals surface area contributed by atoms with E-state index < -0.39 is 0 Å². The zero-order chi connectivity index (χ0) is 37.4. The third kappa shape index (κ3) is 5.01. The highest BCUT2D eigenvalue weighted by molar-refractivity contribution is 6.21. The molecular formula is C55H39N. The van der Waals surface area contributed by atoms with Gasteiger partial charge in [-0.2, -0.15) is 0 Å². The van der Waals surface area contributed by atoms with Crippen molar-refractivity contribution in [3.8, 4) is 33.4 Å². The molecule has 0 spiro atoms. The Balaban J connectivity index is 1.10. The van der Waals surface area contributed by atoms with Gasteiger partial charge < -0.3 is 4.90 Å². The van der Waals surface area contributed by atoms with Gasteiger partial charge in [-0.25, -0.2) is 0 Å². The standard InChI is InChI=1S/C55H39N/c1-55(2)52-21-11-9-20-48(52)49-32-30-42(34-53(49)55)56(54-22-12-10-17-44(54)40-24-23-36-13-3-4-15-39(36)33-40)41-28-25-38(26-29-41)50-35-51-43-16-6-5-14-37(43)27-31-47(51)45-18-7-8-19-46(45)50/h3-35H,1-2H3. The molecule has 0 heterocycles. The highest BCUT2D eigenvalue weighted by Crippen LogP contribution is 2.51. The van der Waals surface area contributed by atoms with Crippen LogP contribution in [0.1, 0.15) is 25.0 Å². The number of hydrogen-bond acceptors (Lipinski definition) is 1. The quantitative estimate of drug-likeness (QED) is 0.161. The molecule has 0 atom stereocenters. The Kier molecular flexibility index (Phi) is 7.28. The minimum Gasteiger partial charge on any atom is -0.310 e. The lowest BCUT2D eigenvalue weighted by Gasteiger charge is -2.30. The van der Waals surface area contributed by atoms with Gasteiger partial charge in [0.15, 0.2) is 0 Å². The first-order chi connectivity index (χ1) is 27.5. The Labute approximate surface area is 327 Å². The van der Waals surface area contributed by atoms with Crippen LogP contribution in [0.15, 0.2) is 200 Å². The molecule has 11 rings (SSSR count). The summed E-state index contributed by atoms with van der Waals surface area (Å²) in [5, 5.41) is 10.2. The molecule has 0 saturated carbocycles. The zero-order valence-electron chi connectivity index (χ0n) is 31.5. The van der Waals surface area contributed by atoms with Gasteiger partial charge in [-0.15, -0.1) is 0 Å². The number of benzene rings is 10. The van der Waals surface area contributed by atoms with E-state index in [0.717, 1.165) is 17.1 Å². The van der Waals surface area contributed by atoms with Gasteiger partial charge in [-0.3, -0.25) is 0 Å². The third-order valence-electron chi connectivity index (χ3n) is 12.2. The Morgan fingerprint density at radius 1 is 0.321 bits per heavy atom. The van der Waals surface area contributed by atoms with E-state index in [1.54, 1.807) is 0 Å². The second-order valence-electron chi connectivity index (χ2n) is 15.7. The molecule has 56 heavy (non-hydrogen) atoms. The zero-order valence-corrected chi connectivity index (χ0v) is 31.5. The average molecular weight is 714 g/mol. The van der Waals surface area contributed by atoms with Gasteiger partial charge in [0, 0.05) is 22.4 Å². The number of para-hydroxylation sites is 1. The molecule has 0 aromatic heterocycles. The van der Waals surface area contributed by atoms with E-state index in [9.17, 15) is 0 Å². The fraction of sp³-hybridized carbons (Fsp3) is 0.0545. The Morgan fingerprint density at radius 2 is 0.911 bits per heavy atom. The normalized spacial score (nSPS) is 13.0. The van der Waals surface area contributed by atoms with Crippen molar-refractivity contribution >= 4 is 60.2 Å². The summed E-state index contributed by atoms with van der Waals surface area (Å²) >= 11 is 0. The maximum Gasteiger partial charge on any atom is 0.0540 e. The lowest BCUT2D eigenvalue weighted by molar-refractivity contribution is 0.660. The lowest BCUT2D eigenvalue weighted by atomic mass is 9.82. The Bertz CT molecular complexity index is 3170. The van der Waals surface area contributed by atoms with Crippen molar-refractivity contribution in [1.29, 1.82) is 0 Å². The van der Waals surface area contributed by atoms with Crippen LogP contribution in [0.3, 0.4) is 0 Å². The molecule has 1 nitrogen and oxygen atoms in total. The largest absolute Gasteiger partial charge is 0.310 e. The molecule has 1 aliphatic rings. The number of fused-ring (bicyclic) bond motifs is 9. The van der Waals surface area contributed by atoms with Gasteiger partial charge in [-0.05, 0) is 124 Å². The van der Waals surface area contributed by atoms with Crippen LogP contribution in [-0.4, -0.2) is 0 Å². The molecule has 0 bridgehead atoms. The maximum atomic E-state index is 2.46. The molecule has 264 valence electrons. The second-order valence-corrected chi connectivity index (χ2v) is 15.7. The van der Waals surface area contributed by atoms with E-state index in [0.29, 0.717) is 0 Å². The van der Waals surface area contributed by atoms with Gasteiger partial charge in [0.2, 0.25) is 0 Å². The molecule has 0 aliphatic heterocycles. The fourth-order valence-corrected chi connectivity index (χ4v) is 9.42. The summed E-state index contributed by atoms with van der Waals surface area (Å²) in [5.74, 6) is 0. The van der Waals surface area contributed by atoms with Crippen molar-refractivity contribution in [2.45, 2.75) is 19.3 Å². The molecule has 0 N–H and O–H groups in total. The summed E-state index contributed by atoms with van der Waals surface area (Å²) in [6, 6.07) is 74.1. The van der Waals surface area contributed by atoms with Crippen LogP contribution >= 0.6 is 0 Å². The Morgan fingerprint density at radius 3 is 1.75 bits per heavy atom. The van der Waals surface area contributed by atoms with E-state index in [-0.39, 0.29) is 5.41 Å². The molecule has 0 saturated heterocycles. The summed E-state index contributed by atoms with van der Waals surface area (Å²) in [5.41, 5.74) is 13.5. The topological polar surface area (TPSA) is 3.24 Å². The SMILES string of the molecule is CC1(C)c2ccccc2-c2ccc(N(c3ccc(-c4cc5c6ccccc6ccc5c5ccccc45)cc3)c3ccccc3-c3ccc4ccccc4c3)cc21. The fourth-order valence-electron chi connectivity index (χ4n) is 9.42. The van der Waals surface area contributed by atoms with Crippen molar-refractivity contribution in [2.24, 2.45) is 0 Å². The van der Waals surface area contributed by atoms with Crippen molar-refractivity contribution in [2.75, 3.05) is 4.90 Å². The van der Waals surface area contributed by atoms with Gasteiger partial charge in [-0.1, -0.05) is 172 Å². The number of anilines is 3. The van der Waals surface area contributed by atoms with Crippen LogP contribution in [0.5, 0.6) is 0 Å². The summed E-state index contributed by atoms with van der Waals surface area (Å²) in [4.78, 5) is 2.46. The van der Waals surface area contributed by atoms with Gasteiger partial charge in [0.25, 0.3) is 0 Å². The van der Waals surface area contributed by atoms with E-state index in [4.69, 9.17) is 0 Å². The average Bonchev–Trinajstić information content (AvgIpc) is 3.49. The van der Waals surface area contributed by atoms with Gasteiger partial charge >= 0.3 is 0 Å². The first kappa shape index (κ1) is 32.5. The third-order valence-corrected chi connectivity index (χ3v) is 12.2. The van der Waals surface area contributed by atoms with Gasteiger partial charge in [0.1, 0.15) is 0 Å². The van der Waals surface area contributed by atoms with Crippen LogP contribution in [-0.2, 0) is 5.41 Å². The van der Waals surface area contributed by atoms with Crippen LogP contribution in [0.4, 0.5) is 17.1 Å². The van der Waals surface area contributed by atoms with Crippen molar-refractivity contribution < 1.29 is 0 Å². The number of nitrogens with zero attached hydrogens (tertiary/aromatic N) is 1. The molecule has 0 fully saturated rings. The summed E-state index contributed by atoms with van der Waals surface area (Å²) in [6.45, 7) is 4.72. The van der Waals surface area contributed by atoms with E-state index in [1.807, 2.05) is 0 Å². The molecule has 0 unspecified atom stereocenters. The van der Waals surface area contributed by atoms with Crippen LogP contribution in [0.2, 0.25) is 0 Å². The van der Waals surface area contributed by atoms with Crippen molar-refractivity contribution in [3.05, 3.63) is 211 Å². The predicted molar refractivity (Wildman–Crippen MR) is 240 cm³/mol. The first-order valence-corrected chi connectivity index (χ1v) is 19.6. The highest BCUT2D eigenvalue weighted by Gasteiger charge is 2.36.